The van der Waals surface area contributed by atoms with Gasteiger partial charge in [0, 0.05) is 35.4 Å². The third-order valence-corrected chi connectivity index (χ3v) is 4.00. The molecule has 1 N–H and O–H groups in total. The maximum absolute atomic E-state index is 5.10. The molecule has 0 aliphatic heterocycles. The number of anilines is 2. The van der Waals surface area contributed by atoms with Gasteiger partial charge in [-0.05, 0) is 47.5 Å². The third kappa shape index (κ3) is 4.07. The Kier molecular flexibility index (Phi) is 5.63. The van der Waals surface area contributed by atoms with Crippen LogP contribution in [0.1, 0.15) is 12.1 Å². The Balaban J connectivity index is 2.17. The lowest BCUT2D eigenvalue weighted by Crippen LogP contribution is -2.05. The minimum absolute atomic E-state index is 0.747. The highest BCUT2D eigenvalue weighted by atomic mass is 79.9. The minimum atomic E-state index is 0.747. The Bertz CT molecular complexity index is 584. The lowest BCUT2D eigenvalue weighted by molar-refractivity contribution is 0.190. The van der Waals surface area contributed by atoms with Crippen LogP contribution in [-0.4, -0.2) is 23.3 Å². The Morgan fingerprint density at radius 2 is 2.15 bits per heavy atom. The summed E-state index contributed by atoms with van der Waals surface area (Å²) in [5.41, 5.74) is 1.98. The molecule has 6 heteroatoms. The zero-order valence-electron chi connectivity index (χ0n) is 11.5. The van der Waals surface area contributed by atoms with Crippen LogP contribution in [0.5, 0.6) is 0 Å². The fraction of sp³-hybridized carbons (Fsp3) is 0.357. The zero-order chi connectivity index (χ0) is 14.5. The second-order valence-corrected chi connectivity index (χ2v) is 6.26. The summed E-state index contributed by atoms with van der Waals surface area (Å²) in [7, 11) is 1.72. The van der Waals surface area contributed by atoms with Crippen LogP contribution in [0, 0.1) is 6.92 Å². The Hall–Kier alpha value is -0.850. The average Bonchev–Trinajstić information content (AvgIpc) is 2.74. The molecule has 0 unspecified atom stereocenters. The van der Waals surface area contributed by atoms with Gasteiger partial charge in [-0.25, -0.2) is 4.98 Å². The van der Waals surface area contributed by atoms with Gasteiger partial charge in [-0.3, -0.25) is 0 Å². The van der Waals surface area contributed by atoms with Crippen LogP contribution in [0.15, 0.2) is 33.3 Å². The summed E-state index contributed by atoms with van der Waals surface area (Å²) >= 11 is 7.02. The van der Waals surface area contributed by atoms with Crippen molar-refractivity contribution in [2.45, 2.75) is 19.9 Å². The lowest BCUT2D eigenvalue weighted by Gasteiger charge is -2.11. The number of hydrogen-bond donors (Lipinski definition) is 1. The second kappa shape index (κ2) is 7.24. The van der Waals surface area contributed by atoms with Crippen molar-refractivity contribution in [3.63, 3.8) is 0 Å². The Morgan fingerprint density at radius 1 is 1.35 bits per heavy atom. The van der Waals surface area contributed by atoms with E-state index in [2.05, 4.69) is 46.7 Å². The highest BCUT2D eigenvalue weighted by molar-refractivity contribution is 9.11. The summed E-state index contributed by atoms with van der Waals surface area (Å²) in [6.45, 7) is 3.62. The largest absolute Gasteiger partial charge is 0.385 e. The van der Waals surface area contributed by atoms with Crippen molar-refractivity contribution in [1.29, 1.82) is 0 Å². The van der Waals surface area contributed by atoms with Gasteiger partial charge in [0.05, 0.1) is 11.4 Å². The predicted molar refractivity (Wildman–Crippen MR) is 88.6 cm³/mol. The van der Waals surface area contributed by atoms with E-state index >= 15 is 0 Å². The summed E-state index contributed by atoms with van der Waals surface area (Å²) in [6, 6.07) is 6.01. The number of ether oxygens (including phenoxy) is 1. The molecule has 108 valence electrons. The van der Waals surface area contributed by atoms with E-state index in [4.69, 9.17) is 4.74 Å². The van der Waals surface area contributed by atoms with E-state index < -0.39 is 0 Å². The van der Waals surface area contributed by atoms with Crippen LogP contribution in [0.25, 0.3) is 0 Å². The van der Waals surface area contributed by atoms with Gasteiger partial charge in [0.2, 0.25) is 5.95 Å². The zero-order valence-corrected chi connectivity index (χ0v) is 14.7. The molecule has 0 aliphatic rings. The third-order valence-electron chi connectivity index (χ3n) is 2.82. The lowest BCUT2D eigenvalue weighted by atomic mass is 10.3. The van der Waals surface area contributed by atoms with Crippen molar-refractivity contribution >= 4 is 43.5 Å². The molecule has 0 saturated carbocycles. The summed E-state index contributed by atoms with van der Waals surface area (Å²) < 4.78 is 9.24. The van der Waals surface area contributed by atoms with Crippen LogP contribution >= 0.6 is 31.9 Å². The quantitative estimate of drug-likeness (QED) is 0.723. The molecule has 0 amide bonds. The second-order valence-electron chi connectivity index (χ2n) is 4.49. The minimum Gasteiger partial charge on any atom is -0.385 e. The smallest absolute Gasteiger partial charge is 0.207 e. The summed E-state index contributed by atoms with van der Waals surface area (Å²) in [6.07, 6.45) is 3.00. The molecule has 0 bridgehead atoms. The molecule has 0 atom stereocenters. The molecule has 1 aromatic heterocycles. The number of nitrogens with zero attached hydrogens (tertiary/aromatic N) is 2. The SMILES string of the molecule is COCCCn1cc(C)nc1Nc1cc(Br)ccc1Br. The fourth-order valence-electron chi connectivity index (χ4n) is 1.91. The molecule has 0 radical (unpaired) electrons. The monoisotopic (exact) mass is 401 g/mol. The summed E-state index contributed by atoms with van der Waals surface area (Å²) in [4.78, 5) is 4.53. The topological polar surface area (TPSA) is 39.1 Å². The van der Waals surface area contributed by atoms with Gasteiger partial charge in [-0.1, -0.05) is 15.9 Å². The molecule has 2 aromatic rings. The number of nitrogens with one attached hydrogen (secondary N) is 1. The molecule has 20 heavy (non-hydrogen) atoms. The maximum atomic E-state index is 5.10. The van der Waals surface area contributed by atoms with Crippen LogP contribution in [0.4, 0.5) is 11.6 Å². The van der Waals surface area contributed by atoms with E-state index in [0.717, 1.165) is 45.8 Å². The van der Waals surface area contributed by atoms with Gasteiger partial charge in [0.25, 0.3) is 0 Å². The number of imidazole rings is 1. The average molecular weight is 403 g/mol. The van der Waals surface area contributed by atoms with Crippen molar-refractivity contribution < 1.29 is 4.74 Å². The number of hydrogen-bond acceptors (Lipinski definition) is 3. The number of aryl methyl sites for hydroxylation is 2. The van der Waals surface area contributed by atoms with Gasteiger partial charge >= 0.3 is 0 Å². The van der Waals surface area contributed by atoms with Crippen molar-refractivity contribution in [3.05, 3.63) is 39.0 Å². The molecule has 1 heterocycles. The standard InChI is InChI=1S/C14H17Br2N3O/c1-10-9-19(6-3-7-20-2)14(17-10)18-13-8-11(15)4-5-12(13)16/h4-5,8-9H,3,6-7H2,1-2H3,(H,17,18). The van der Waals surface area contributed by atoms with Crippen molar-refractivity contribution in [1.82, 2.24) is 9.55 Å². The highest BCUT2D eigenvalue weighted by Crippen LogP contribution is 2.28. The van der Waals surface area contributed by atoms with Crippen LogP contribution in [0.2, 0.25) is 0 Å². The first-order valence-corrected chi connectivity index (χ1v) is 7.93. The molecule has 0 aliphatic carbocycles. The normalized spacial score (nSPS) is 10.8. The Morgan fingerprint density at radius 3 is 2.90 bits per heavy atom. The van der Waals surface area contributed by atoms with Gasteiger partial charge in [-0.2, -0.15) is 0 Å². The molecule has 0 spiro atoms. The number of aromatic nitrogens is 2. The molecule has 1 aromatic carbocycles. The first kappa shape index (κ1) is 15.5. The predicted octanol–water partition coefficient (Wildman–Crippen LogP) is 4.50. The van der Waals surface area contributed by atoms with Gasteiger partial charge < -0.3 is 14.6 Å². The van der Waals surface area contributed by atoms with Crippen LogP contribution in [-0.2, 0) is 11.3 Å². The van der Waals surface area contributed by atoms with E-state index in [1.54, 1.807) is 7.11 Å². The number of benzene rings is 1. The van der Waals surface area contributed by atoms with E-state index in [0.29, 0.717) is 0 Å². The summed E-state index contributed by atoms with van der Waals surface area (Å²) in [5.74, 6) is 0.845. The van der Waals surface area contributed by atoms with E-state index in [9.17, 15) is 0 Å². The molecule has 0 saturated heterocycles. The molecule has 4 nitrogen and oxygen atoms in total. The Labute approximate surface area is 135 Å². The van der Waals surface area contributed by atoms with Crippen molar-refractivity contribution in [3.8, 4) is 0 Å². The van der Waals surface area contributed by atoms with E-state index in [1.807, 2.05) is 31.3 Å². The van der Waals surface area contributed by atoms with Gasteiger partial charge in [0.15, 0.2) is 0 Å². The molecule has 2 rings (SSSR count). The van der Waals surface area contributed by atoms with E-state index in [-0.39, 0.29) is 0 Å². The number of methoxy groups -OCH3 is 1. The molecular weight excluding hydrogens is 386 g/mol. The van der Waals surface area contributed by atoms with Crippen LogP contribution < -0.4 is 5.32 Å². The first-order chi connectivity index (χ1) is 9.60. The van der Waals surface area contributed by atoms with E-state index in [1.165, 1.54) is 0 Å². The number of rotatable bonds is 6. The molecule has 0 fully saturated rings. The highest BCUT2D eigenvalue weighted by Gasteiger charge is 2.08. The fourth-order valence-corrected chi connectivity index (χ4v) is 2.62. The van der Waals surface area contributed by atoms with Gasteiger partial charge in [-0.15, -0.1) is 0 Å². The first-order valence-electron chi connectivity index (χ1n) is 6.35. The van der Waals surface area contributed by atoms with Crippen molar-refractivity contribution in [2.24, 2.45) is 0 Å². The number of halogens is 2. The molecular formula is C14H17Br2N3O. The summed E-state index contributed by atoms with van der Waals surface area (Å²) in [5, 5.41) is 3.36. The van der Waals surface area contributed by atoms with Crippen LogP contribution in [0.3, 0.4) is 0 Å². The maximum Gasteiger partial charge on any atom is 0.207 e. The van der Waals surface area contributed by atoms with Gasteiger partial charge in [0.1, 0.15) is 0 Å². The van der Waals surface area contributed by atoms with Crippen molar-refractivity contribution in [2.75, 3.05) is 19.0 Å².